The molecule has 1 atom stereocenters. The van der Waals surface area contributed by atoms with Gasteiger partial charge in [0.1, 0.15) is 6.10 Å². The topological polar surface area (TPSA) is 21.6 Å². The van der Waals surface area contributed by atoms with Crippen molar-refractivity contribution in [3.8, 4) is 0 Å². The molecule has 5 heteroatoms. The van der Waals surface area contributed by atoms with E-state index < -0.39 is 18.7 Å². The van der Waals surface area contributed by atoms with Crippen LogP contribution in [0.2, 0.25) is 0 Å². The highest BCUT2D eigenvalue weighted by Gasteiger charge is 2.35. The van der Waals surface area contributed by atoms with Crippen LogP contribution in [-0.4, -0.2) is 18.0 Å². The smallest absolute Gasteiger partial charge is 0.392 e. The maximum Gasteiger partial charge on any atom is 0.392 e. The molecule has 0 aromatic heterocycles. The van der Waals surface area contributed by atoms with Crippen LogP contribution < -0.4 is 0 Å². The van der Waals surface area contributed by atoms with Crippen molar-refractivity contribution >= 4 is 5.71 Å². The Morgan fingerprint density at radius 1 is 1.24 bits per heavy atom. The van der Waals surface area contributed by atoms with Crippen LogP contribution in [0, 0.1) is 0 Å². The first kappa shape index (κ1) is 12.0. The van der Waals surface area contributed by atoms with Gasteiger partial charge < -0.3 is 4.84 Å². The van der Waals surface area contributed by atoms with Crippen molar-refractivity contribution in [2.24, 2.45) is 5.16 Å². The Balaban J connectivity index is 1.86. The van der Waals surface area contributed by atoms with Crippen LogP contribution in [-0.2, 0) is 11.3 Å². The minimum atomic E-state index is -4.19. The van der Waals surface area contributed by atoms with E-state index in [0.717, 1.165) is 5.56 Å². The molecule has 92 valence electrons. The van der Waals surface area contributed by atoms with Gasteiger partial charge in [-0.15, -0.1) is 0 Å². The van der Waals surface area contributed by atoms with Crippen LogP contribution in [0.25, 0.3) is 0 Å². The maximum atomic E-state index is 12.1. The van der Waals surface area contributed by atoms with Crippen molar-refractivity contribution in [3.63, 3.8) is 0 Å². The Labute approximate surface area is 97.1 Å². The molecule has 1 aromatic rings. The van der Waals surface area contributed by atoms with E-state index in [1.54, 1.807) is 0 Å². The summed E-state index contributed by atoms with van der Waals surface area (Å²) < 4.78 is 36.4. The van der Waals surface area contributed by atoms with Crippen LogP contribution in [0.4, 0.5) is 13.2 Å². The van der Waals surface area contributed by atoms with E-state index in [1.165, 1.54) is 0 Å². The number of hydrogen-bond acceptors (Lipinski definition) is 2. The molecule has 0 saturated carbocycles. The van der Waals surface area contributed by atoms with E-state index in [-0.39, 0.29) is 6.42 Å². The molecule has 1 aliphatic rings. The van der Waals surface area contributed by atoms with Gasteiger partial charge in [-0.25, -0.2) is 0 Å². The van der Waals surface area contributed by atoms with Gasteiger partial charge in [-0.05, 0) is 5.56 Å². The number of halogens is 3. The summed E-state index contributed by atoms with van der Waals surface area (Å²) in [7, 11) is 0. The van der Waals surface area contributed by atoms with Gasteiger partial charge in [0.25, 0.3) is 0 Å². The van der Waals surface area contributed by atoms with Gasteiger partial charge in [0.2, 0.25) is 0 Å². The highest BCUT2D eigenvalue weighted by atomic mass is 19.4. The summed E-state index contributed by atoms with van der Waals surface area (Å²) in [6.07, 6.45) is -5.17. The van der Waals surface area contributed by atoms with Gasteiger partial charge in [0.15, 0.2) is 0 Å². The highest BCUT2D eigenvalue weighted by Crippen LogP contribution is 2.27. The fourth-order valence-electron chi connectivity index (χ4n) is 1.79. The van der Waals surface area contributed by atoms with E-state index in [4.69, 9.17) is 4.84 Å². The molecule has 0 N–H and O–H groups in total. The molecular weight excluding hydrogens is 231 g/mol. The highest BCUT2D eigenvalue weighted by molar-refractivity contribution is 5.87. The lowest BCUT2D eigenvalue weighted by atomic mass is 10.0. The summed E-state index contributed by atoms with van der Waals surface area (Å²) in [6, 6.07) is 9.50. The summed E-state index contributed by atoms with van der Waals surface area (Å²) in [5.41, 5.74) is 1.70. The molecule has 0 fully saturated rings. The van der Waals surface area contributed by atoms with Gasteiger partial charge in [0, 0.05) is 12.8 Å². The van der Waals surface area contributed by atoms with Gasteiger partial charge >= 0.3 is 6.18 Å². The first-order valence-electron chi connectivity index (χ1n) is 5.35. The summed E-state index contributed by atoms with van der Waals surface area (Å²) in [5.74, 6) is 0. The normalized spacial score (nSPS) is 19.9. The van der Waals surface area contributed by atoms with Crippen molar-refractivity contribution in [2.75, 3.05) is 0 Å². The zero-order valence-electron chi connectivity index (χ0n) is 9.07. The largest absolute Gasteiger partial charge is 0.392 e. The summed E-state index contributed by atoms with van der Waals surface area (Å²) in [5, 5.41) is 3.71. The van der Waals surface area contributed by atoms with Gasteiger partial charge in [-0.3, -0.25) is 0 Å². The molecule has 0 spiro atoms. The van der Waals surface area contributed by atoms with Gasteiger partial charge in [-0.1, -0.05) is 35.5 Å². The second kappa shape index (κ2) is 4.77. The minimum absolute atomic E-state index is 0.258. The molecule has 0 saturated heterocycles. The number of rotatable bonds is 3. The van der Waals surface area contributed by atoms with Crippen molar-refractivity contribution in [1.82, 2.24) is 0 Å². The van der Waals surface area contributed by atoms with Gasteiger partial charge in [0.05, 0.1) is 12.1 Å². The lowest BCUT2D eigenvalue weighted by molar-refractivity contribution is -0.157. The lowest BCUT2D eigenvalue weighted by Crippen LogP contribution is -2.19. The van der Waals surface area contributed by atoms with Crippen LogP contribution in [0.5, 0.6) is 0 Å². The third-order valence-electron chi connectivity index (χ3n) is 2.50. The van der Waals surface area contributed by atoms with Crippen molar-refractivity contribution in [3.05, 3.63) is 35.9 Å². The molecule has 17 heavy (non-hydrogen) atoms. The molecule has 0 bridgehead atoms. The van der Waals surface area contributed by atoms with E-state index in [1.807, 2.05) is 30.3 Å². The second-order valence-electron chi connectivity index (χ2n) is 4.07. The molecule has 1 aliphatic heterocycles. The van der Waals surface area contributed by atoms with Crippen molar-refractivity contribution < 1.29 is 18.0 Å². The predicted molar refractivity (Wildman–Crippen MR) is 57.7 cm³/mol. The van der Waals surface area contributed by atoms with Crippen LogP contribution in [0.1, 0.15) is 18.4 Å². The Morgan fingerprint density at radius 2 is 1.94 bits per heavy atom. The summed E-state index contributed by atoms with van der Waals surface area (Å²) in [4.78, 5) is 4.78. The van der Waals surface area contributed by atoms with Crippen LogP contribution in [0.15, 0.2) is 35.5 Å². The van der Waals surface area contributed by atoms with Crippen LogP contribution in [0.3, 0.4) is 0 Å². The Hall–Kier alpha value is -1.52. The molecule has 0 aliphatic carbocycles. The van der Waals surface area contributed by atoms with E-state index >= 15 is 0 Å². The number of oxime groups is 1. The van der Waals surface area contributed by atoms with Crippen LogP contribution >= 0.6 is 0 Å². The molecule has 0 amide bonds. The molecule has 1 aromatic carbocycles. The first-order chi connectivity index (χ1) is 8.03. The SMILES string of the molecule is FC(F)(F)C[C@H]1CC(Cc2ccccc2)=NO1. The van der Waals surface area contributed by atoms with E-state index in [0.29, 0.717) is 12.1 Å². The maximum absolute atomic E-state index is 12.1. The summed E-state index contributed by atoms with van der Waals surface area (Å²) >= 11 is 0. The number of hydrogen-bond donors (Lipinski definition) is 0. The fraction of sp³-hybridized carbons (Fsp3) is 0.417. The van der Waals surface area contributed by atoms with Crippen molar-refractivity contribution in [1.29, 1.82) is 0 Å². The quantitative estimate of drug-likeness (QED) is 0.798. The molecule has 0 radical (unpaired) electrons. The van der Waals surface area contributed by atoms with Gasteiger partial charge in [-0.2, -0.15) is 13.2 Å². The number of alkyl halides is 3. The number of benzene rings is 1. The minimum Gasteiger partial charge on any atom is -0.392 e. The second-order valence-corrected chi connectivity index (χ2v) is 4.07. The molecule has 0 unspecified atom stereocenters. The average molecular weight is 243 g/mol. The Kier molecular flexibility index (Phi) is 3.36. The van der Waals surface area contributed by atoms with E-state index in [9.17, 15) is 13.2 Å². The number of nitrogens with zero attached hydrogens (tertiary/aromatic N) is 1. The lowest BCUT2D eigenvalue weighted by Gasteiger charge is -2.10. The zero-order chi connectivity index (χ0) is 12.3. The monoisotopic (exact) mass is 243 g/mol. The molecule has 2 nitrogen and oxygen atoms in total. The summed E-state index contributed by atoms with van der Waals surface area (Å²) in [6.45, 7) is 0. The average Bonchev–Trinajstić information content (AvgIpc) is 2.64. The fourth-order valence-corrected chi connectivity index (χ4v) is 1.79. The molecule has 2 rings (SSSR count). The van der Waals surface area contributed by atoms with E-state index in [2.05, 4.69) is 5.16 Å². The standard InChI is InChI=1S/C12H12F3NO/c13-12(14,15)8-11-7-10(16-17-11)6-9-4-2-1-3-5-9/h1-5,11H,6-8H2/t11-/m1/s1. The first-order valence-corrected chi connectivity index (χ1v) is 5.35. The third kappa shape index (κ3) is 3.76. The Bertz CT molecular complexity index is 400. The Morgan fingerprint density at radius 3 is 2.59 bits per heavy atom. The third-order valence-corrected chi connectivity index (χ3v) is 2.50. The molecule has 1 heterocycles. The molecular formula is C12H12F3NO. The van der Waals surface area contributed by atoms with Crippen molar-refractivity contribution in [2.45, 2.75) is 31.5 Å². The zero-order valence-corrected chi connectivity index (χ0v) is 9.07. The predicted octanol–water partition coefficient (Wildman–Crippen LogP) is 3.33.